The first kappa shape index (κ1) is 23.4. The molecule has 2 aromatic heterocycles. The predicted molar refractivity (Wildman–Crippen MR) is 135 cm³/mol. The number of aromatic nitrogens is 3. The second-order valence-electron chi connectivity index (χ2n) is 7.76. The number of nitrogens with zero attached hydrogens (tertiary/aromatic N) is 3. The van der Waals surface area contributed by atoms with E-state index in [0.29, 0.717) is 35.9 Å². The molecule has 0 bridgehead atoms. The van der Waals surface area contributed by atoms with Gasteiger partial charge in [0.1, 0.15) is 23.5 Å². The molecule has 3 N–H and O–H groups in total. The Balaban J connectivity index is 1.54. The molecule has 9 heteroatoms. The summed E-state index contributed by atoms with van der Waals surface area (Å²) in [5.41, 5.74) is 4.11. The van der Waals surface area contributed by atoms with E-state index < -0.39 is 5.97 Å². The van der Waals surface area contributed by atoms with Gasteiger partial charge in [0.15, 0.2) is 0 Å². The normalized spacial score (nSPS) is 10.9. The number of methoxy groups -OCH3 is 1. The van der Waals surface area contributed by atoms with Crippen molar-refractivity contribution < 1.29 is 14.6 Å². The van der Waals surface area contributed by atoms with E-state index in [1.807, 2.05) is 25.1 Å². The van der Waals surface area contributed by atoms with Crippen LogP contribution in [0.25, 0.3) is 22.2 Å². The number of hydrogen-bond acceptors (Lipinski definition) is 6. The molecule has 0 aliphatic rings. The number of fused-ring (bicyclic) bond motifs is 1. The molecular weight excluding hydrogens is 454 g/mol. The second kappa shape index (κ2) is 10.0. The third-order valence-corrected chi connectivity index (χ3v) is 5.91. The van der Waals surface area contributed by atoms with Gasteiger partial charge in [-0.2, -0.15) is 0 Å². The lowest BCUT2D eigenvalue weighted by Gasteiger charge is -2.13. The van der Waals surface area contributed by atoms with E-state index in [1.54, 1.807) is 19.2 Å². The third kappa shape index (κ3) is 4.63. The van der Waals surface area contributed by atoms with Gasteiger partial charge < -0.3 is 25.0 Å². The van der Waals surface area contributed by atoms with Crippen molar-refractivity contribution in [2.75, 3.05) is 30.8 Å². The zero-order chi connectivity index (χ0) is 24.2. The number of aromatic carboxylic acids is 1. The van der Waals surface area contributed by atoms with Crippen molar-refractivity contribution in [2.45, 2.75) is 20.4 Å². The van der Waals surface area contributed by atoms with Gasteiger partial charge in [-0.15, -0.1) is 0 Å². The van der Waals surface area contributed by atoms with E-state index in [2.05, 4.69) is 44.2 Å². The molecule has 0 saturated heterocycles. The Hall–Kier alpha value is -3.78. The molecule has 0 fully saturated rings. The second-order valence-corrected chi connectivity index (χ2v) is 8.17. The van der Waals surface area contributed by atoms with Crippen LogP contribution in [0.4, 0.5) is 11.5 Å². The highest BCUT2D eigenvalue weighted by atomic mass is 35.5. The average molecular weight is 480 g/mol. The Bertz CT molecular complexity index is 1350. The van der Waals surface area contributed by atoms with Gasteiger partial charge in [-0.05, 0) is 44.2 Å². The van der Waals surface area contributed by atoms with Gasteiger partial charge in [-0.1, -0.05) is 17.7 Å². The van der Waals surface area contributed by atoms with Crippen LogP contribution < -0.4 is 15.4 Å². The number of carboxylic acids is 1. The first-order valence-electron chi connectivity index (χ1n) is 10.9. The number of aryl methyl sites for hydroxylation is 1. The van der Waals surface area contributed by atoms with Crippen molar-refractivity contribution in [2.24, 2.45) is 0 Å². The summed E-state index contributed by atoms with van der Waals surface area (Å²) in [6.45, 7) is 5.93. The molecule has 0 saturated carbocycles. The summed E-state index contributed by atoms with van der Waals surface area (Å²) in [4.78, 5) is 20.3. The van der Waals surface area contributed by atoms with Crippen molar-refractivity contribution in [1.82, 2.24) is 14.5 Å². The Morgan fingerprint density at radius 2 is 2.00 bits per heavy atom. The van der Waals surface area contributed by atoms with Gasteiger partial charge in [0, 0.05) is 42.3 Å². The minimum absolute atomic E-state index is 0.0469. The number of halogens is 1. The average Bonchev–Trinajstić information content (AvgIpc) is 3.14. The molecule has 34 heavy (non-hydrogen) atoms. The number of carbonyl (C=O) groups is 1. The number of carboxylic acid groups (broad SMARTS) is 1. The van der Waals surface area contributed by atoms with Crippen LogP contribution in [0.2, 0.25) is 5.02 Å². The lowest BCUT2D eigenvalue weighted by atomic mass is 10.1. The molecular formula is C25H26ClN5O3. The van der Waals surface area contributed by atoms with Crippen LogP contribution in [-0.4, -0.2) is 45.8 Å². The van der Waals surface area contributed by atoms with E-state index in [-0.39, 0.29) is 10.6 Å². The molecule has 176 valence electrons. The quantitative estimate of drug-likeness (QED) is 0.299. The van der Waals surface area contributed by atoms with Crippen molar-refractivity contribution in [1.29, 1.82) is 0 Å². The summed E-state index contributed by atoms with van der Waals surface area (Å²) in [7, 11) is 1.68. The molecule has 4 aromatic rings. The van der Waals surface area contributed by atoms with Crippen LogP contribution in [-0.2, 0) is 6.54 Å². The van der Waals surface area contributed by atoms with Crippen LogP contribution in [0.3, 0.4) is 0 Å². The maximum atomic E-state index is 11.6. The maximum Gasteiger partial charge on any atom is 0.339 e. The fourth-order valence-corrected chi connectivity index (χ4v) is 4.37. The topological polar surface area (TPSA) is 101 Å². The zero-order valence-corrected chi connectivity index (χ0v) is 20.0. The molecule has 0 unspecified atom stereocenters. The number of benzene rings is 2. The van der Waals surface area contributed by atoms with Gasteiger partial charge in [-0.25, -0.2) is 14.8 Å². The Kier molecular flexibility index (Phi) is 6.88. The molecule has 2 heterocycles. The van der Waals surface area contributed by atoms with Crippen LogP contribution in [0.1, 0.15) is 23.0 Å². The van der Waals surface area contributed by atoms with Crippen LogP contribution >= 0.6 is 11.6 Å². The van der Waals surface area contributed by atoms with Crippen molar-refractivity contribution >= 4 is 40.0 Å². The first-order chi connectivity index (χ1) is 16.4. The number of hydrogen-bond donors (Lipinski definition) is 3. The lowest BCUT2D eigenvalue weighted by molar-refractivity contribution is 0.0698. The van der Waals surface area contributed by atoms with Gasteiger partial charge in [-0.3, -0.25) is 0 Å². The van der Waals surface area contributed by atoms with E-state index in [0.717, 1.165) is 28.9 Å². The van der Waals surface area contributed by atoms with E-state index >= 15 is 0 Å². The molecule has 2 aromatic carbocycles. The van der Waals surface area contributed by atoms with E-state index in [4.69, 9.17) is 16.3 Å². The fourth-order valence-electron chi connectivity index (χ4n) is 4.07. The maximum absolute atomic E-state index is 11.6. The molecule has 0 aliphatic heterocycles. The van der Waals surface area contributed by atoms with E-state index in [1.165, 1.54) is 6.33 Å². The van der Waals surface area contributed by atoms with Crippen LogP contribution in [0.15, 0.2) is 48.8 Å². The third-order valence-electron chi connectivity index (χ3n) is 5.61. The molecule has 0 radical (unpaired) electrons. The Labute approximate surface area is 202 Å². The lowest BCUT2D eigenvalue weighted by Crippen LogP contribution is -2.12. The summed E-state index contributed by atoms with van der Waals surface area (Å²) in [6.07, 6.45) is 1.48. The highest BCUT2D eigenvalue weighted by molar-refractivity contribution is 6.34. The van der Waals surface area contributed by atoms with Gasteiger partial charge in [0.25, 0.3) is 0 Å². The standard InChI is InChI=1S/C25H26ClN5O3/c1-4-27-20-12-16(11-18(26)24(20)25(32)33)19-13-23(30-14-29-19)28-8-9-31-15(2)10-17-21(31)6-5-7-22(17)34-3/h5-7,10-14,27H,4,8-9H2,1-3H3,(H,32,33)(H,28,29,30). The van der Waals surface area contributed by atoms with Gasteiger partial charge in [0.2, 0.25) is 0 Å². The van der Waals surface area contributed by atoms with Gasteiger partial charge in [0.05, 0.1) is 29.0 Å². The molecule has 8 nitrogen and oxygen atoms in total. The smallest absolute Gasteiger partial charge is 0.339 e. The molecule has 0 spiro atoms. The summed E-state index contributed by atoms with van der Waals surface area (Å²) in [6, 6.07) is 13.3. The molecule has 4 rings (SSSR count). The van der Waals surface area contributed by atoms with Crippen molar-refractivity contribution in [3.05, 3.63) is 65.1 Å². The minimum Gasteiger partial charge on any atom is -0.496 e. The van der Waals surface area contributed by atoms with Crippen LogP contribution in [0.5, 0.6) is 5.75 Å². The highest BCUT2D eigenvalue weighted by Gasteiger charge is 2.17. The number of rotatable bonds is 9. The fraction of sp³-hybridized carbons (Fsp3) is 0.240. The summed E-state index contributed by atoms with van der Waals surface area (Å²) >= 11 is 6.29. The monoisotopic (exact) mass is 479 g/mol. The Morgan fingerprint density at radius 3 is 2.74 bits per heavy atom. The largest absolute Gasteiger partial charge is 0.496 e. The van der Waals surface area contributed by atoms with Crippen LogP contribution in [0, 0.1) is 6.92 Å². The number of anilines is 2. The number of ether oxygens (including phenoxy) is 1. The predicted octanol–water partition coefficient (Wildman–Crippen LogP) is 5.31. The molecule has 0 atom stereocenters. The van der Waals surface area contributed by atoms with Crippen molar-refractivity contribution in [3.8, 4) is 17.0 Å². The SMILES string of the molecule is CCNc1cc(-c2cc(NCCn3c(C)cc4c(OC)cccc43)ncn2)cc(Cl)c1C(=O)O. The summed E-state index contributed by atoms with van der Waals surface area (Å²) in [5.74, 6) is 0.445. The molecule has 0 amide bonds. The highest BCUT2D eigenvalue weighted by Crippen LogP contribution is 2.32. The first-order valence-corrected chi connectivity index (χ1v) is 11.3. The van der Waals surface area contributed by atoms with E-state index in [9.17, 15) is 9.90 Å². The summed E-state index contributed by atoms with van der Waals surface area (Å²) in [5, 5.41) is 17.2. The van der Waals surface area contributed by atoms with Gasteiger partial charge >= 0.3 is 5.97 Å². The Morgan fingerprint density at radius 1 is 1.18 bits per heavy atom. The molecule has 0 aliphatic carbocycles. The minimum atomic E-state index is -1.08. The number of nitrogens with one attached hydrogen (secondary N) is 2. The van der Waals surface area contributed by atoms with Crippen molar-refractivity contribution in [3.63, 3.8) is 0 Å². The summed E-state index contributed by atoms with van der Waals surface area (Å²) < 4.78 is 7.72. The zero-order valence-electron chi connectivity index (χ0n) is 19.2.